The Morgan fingerprint density at radius 1 is 1.42 bits per heavy atom. The SMILES string of the molecule is CCN1CCCC1CNC(N)=NCc1ccc(C)cc1OCC(F)(F)F. The van der Waals surface area contributed by atoms with Crippen LogP contribution in [0.3, 0.4) is 0 Å². The van der Waals surface area contributed by atoms with Crippen molar-refractivity contribution >= 4 is 5.96 Å². The molecule has 1 heterocycles. The Morgan fingerprint density at radius 3 is 2.88 bits per heavy atom. The predicted molar refractivity (Wildman–Crippen MR) is 96.3 cm³/mol. The number of rotatable bonds is 7. The first-order valence-corrected chi connectivity index (χ1v) is 8.85. The summed E-state index contributed by atoms with van der Waals surface area (Å²) in [5, 5.41) is 3.11. The number of guanidine groups is 1. The van der Waals surface area contributed by atoms with Gasteiger partial charge in [-0.15, -0.1) is 0 Å². The Bertz CT molecular complexity index is 619. The van der Waals surface area contributed by atoms with E-state index in [4.69, 9.17) is 10.5 Å². The van der Waals surface area contributed by atoms with Crippen molar-refractivity contribution in [2.45, 2.75) is 45.5 Å². The van der Waals surface area contributed by atoms with E-state index in [2.05, 4.69) is 22.1 Å². The Kier molecular flexibility index (Phi) is 7.14. The maximum absolute atomic E-state index is 12.4. The molecule has 1 fully saturated rings. The topological polar surface area (TPSA) is 62.9 Å². The zero-order chi connectivity index (χ0) is 19.2. The number of nitrogens with two attached hydrogens (primary N) is 1. The molecular formula is C18H27F3N4O. The first kappa shape index (κ1) is 20.4. The fourth-order valence-electron chi connectivity index (χ4n) is 3.08. The second kappa shape index (κ2) is 9.12. The first-order chi connectivity index (χ1) is 12.3. The van der Waals surface area contributed by atoms with E-state index in [0.717, 1.165) is 25.1 Å². The highest BCUT2D eigenvalue weighted by molar-refractivity contribution is 5.77. The molecule has 1 unspecified atom stereocenters. The van der Waals surface area contributed by atoms with Gasteiger partial charge in [-0.3, -0.25) is 4.90 Å². The fourth-order valence-corrected chi connectivity index (χ4v) is 3.08. The Hall–Kier alpha value is -1.96. The monoisotopic (exact) mass is 372 g/mol. The van der Waals surface area contributed by atoms with E-state index in [9.17, 15) is 13.2 Å². The minimum Gasteiger partial charge on any atom is -0.484 e. The number of likely N-dealkylation sites (tertiary alicyclic amines) is 1. The highest BCUT2D eigenvalue weighted by Crippen LogP contribution is 2.24. The van der Waals surface area contributed by atoms with Crippen molar-refractivity contribution in [2.24, 2.45) is 10.7 Å². The van der Waals surface area contributed by atoms with Crippen molar-refractivity contribution in [1.29, 1.82) is 0 Å². The third-order valence-electron chi connectivity index (χ3n) is 4.46. The van der Waals surface area contributed by atoms with Crippen LogP contribution in [0, 0.1) is 6.92 Å². The molecule has 1 aromatic carbocycles. The van der Waals surface area contributed by atoms with Gasteiger partial charge in [0.25, 0.3) is 0 Å². The van der Waals surface area contributed by atoms with E-state index in [0.29, 0.717) is 18.2 Å². The number of nitrogens with zero attached hydrogens (tertiary/aromatic N) is 2. The van der Waals surface area contributed by atoms with Crippen LogP contribution in [0.25, 0.3) is 0 Å². The molecule has 1 atom stereocenters. The summed E-state index contributed by atoms with van der Waals surface area (Å²) in [5.41, 5.74) is 7.30. The lowest BCUT2D eigenvalue weighted by atomic mass is 10.1. The van der Waals surface area contributed by atoms with Crippen LogP contribution in [0.15, 0.2) is 23.2 Å². The molecule has 1 aliphatic heterocycles. The normalized spacial score (nSPS) is 19.0. The third-order valence-corrected chi connectivity index (χ3v) is 4.46. The Morgan fingerprint density at radius 2 is 2.19 bits per heavy atom. The zero-order valence-electron chi connectivity index (χ0n) is 15.3. The largest absolute Gasteiger partial charge is 0.484 e. The molecule has 0 amide bonds. The average molecular weight is 372 g/mol. The number of benzene rings is 1. The number of halogens is 3. The van der Waals surface area contributed by atoms with Crippen LogP contribution in [0.2, 0.25) is 0 Å². The molecule has 8 heteroatoms. The molecule has 2 rings (SSSR count). The minimum absolute atomic E-state index is 0.161. The van der Waals surface area contributed by atoms with E-state index in [1.807, 2.05) is 6.07 Å². The summed E-state index contributed by atoms with van der Waals surface area (Å²) in [6.45, 7) is 5.59. The van der Waals surface area contributed by atoms with Crippen molar-refractivity contribution in [1.82, 2.24) is 10.2 Å². The number of likely N-dealkylation sites (N-methyl/N-ethyl adjacent to an activating group) is 1. The number of aryl methyl sites for hydroxylation is 1. The average Bonchev–Trinajstić information content (AvgIpc) is 3.04. The van der Waals surface area contributed by atoms with Gasteiger partial charge >= 0.3 is 6.18 Å². The molecule has 0 bridgehead atoms. The summed E-state index contributed by atoms with van der Waals surface area (Å²) in [6.07, 6.45) is -2.07. The third kappa shape index (κ3) is 6.40. The molecule has 0 radical (unpaired) electrons. The van der Waals surface area contributed by atoms with E-state index < -0.39 is 12.8 Å². The van der Waals surface area contributed by atoms with Gasteiger partial charge < -0.3 is 15.8 Å². The second-order valence-electron chi connectivity index (χ2n) is 6.52. The van der Waals surface area contributed by atoms with Gasteiger partial charge in [0.1, 0.15) is 5.75 Å². The molecule has 146 valence electrons. The van der Waals surface area contributed by atoms with Crippen molar-refractivity contribution in [3.63, 3.8) is 0 Å². The summed E-state index contributed by atoms with van der Waals surface area (Å²) < 4.78 is 42.2. The molecular weight excluding hydrogens is 345 g/mol. The van der Waals surface area contributed by atoms with Crippen molar-refractivity contribution in [2.75, 3.05) is 26.2 Å². The molecule has 3 N–H and O–H groups in total. The van der Waals surface area contributed by atoms with Crippen molar-refractivity contribution in [3.8, 4) is 5.75 Å². The molecule has 0 aromatic heterocycles. The summed E-state index contributed by atoms with van der Waals surface area (Å²) in [6, 6.07) is 5.55. The summed E-state index contributed by atoms with van der Waals surface area (Å²) in [7, 11) is 0. The highest BCUT2D eigenvalue weighted by Gasteiger charge is 2.28. The molecule has 0 aliphatic carbocycles. The summed E-state index contributed by atoms with van der Waals surface area (Å²) in [4.78, 5) is 6.64. The van der Waals surface area contributed by atoms with Crippen LogP contribution < -0.4 is 15.8 Å². The van der Waals surface area contributed by atoms with Crippen LogP contribution in [-0.2, 0) is 6.54 Å². The van der Waals surface area contributed by atoms with E-state index in [1.54, 1.807) is 19.1 Å². The predicted octanol–water partition coefficient (Wildman–Crippen LogP) is 2.82. The summed E-state index contributed by atoms with van der Waals surface area (Å²) >= 11 is 0. The van der Waals surface area contributed by atoms with Gasteiger partial charge in [0.15, 0.2) is 12.6 Å². The smallest absolute Gasteiger partial charge is 0.422 e. The number of alkyl halides is 3. The highest BCUT2D eigenvalue weighted by atomic mass is 19.4. The molecule has 5 nitrogen and oxygen atoms in total. The lowest BCUT2D eigenvalue weighted by molar-refractivity contribution is -0.153. The molecule has 1 saturated heterocycles. The Labute approximate surface area is 152 Å². The van der Waals surface area contributed by atoms with Gasteiger partial charge in [-0.25, -0.2) is 4.99 Å². The van der Waals surface area contributed by atoms with Gasteiger partial charge in [0.05, 0.1) is 6.54 Å². The second-order valence-corrected chi connectivity index (χ2v) is 6.52. The van der Waals surface area contributed by atoms with Crippen LogP contribution >= 0.6 is 0 Å². The lowest BCUT2D eigenvalue weighted by Gasteiger charge is -2.23. The van der Waals surface area contributed by atoms with Gasteiger partial charge in [-0.1, -0.05) is 19.1 Å². The summed E-state index contributed by atoms with van der Waals surface area (Å²) in [5.74, 6) is 0.474. The lowest BCUT2D eigenvalue weighted by Crippen LogP contribution is -2.42. The van der Waals surface area contributed by atoms with Crippen molar-refractivity contribution in [3.05, 3.63) is 29.3 Å². The van der Waals surface area contributed by atoms with Crippen LogP contribution in [0.4, 0.5) is 13.2 Å². The van der Waals surface area contributed by atoms with Crippen LogP contribution in [0.1, 0.15) is 30.9 Å². The molecule has 1 aliphatic rings. The fraction of sp³-hybridized carbons (Fsp3) is 0.611. The number of hydrogen-bond donors (Lipinski definition) is 2. The van der Waals surface area contributed by atoms with E-state index >= 15 is 0 Å². The number of ether oxygens (including phenoxy) is 1. The quantitative estimate of drug-likeness (QED) is 0.571. The maximum atomic E-state index is 12.4. The van der Waals surface area contributed by atoms with Gasteiger partial charge in [0, 0.05) is 18.2 Å². The Balaban J connectivity index is 1.93. The maximum Gasteiger partial charge on any atom is 0.422 e. The number of nitrogens with one attached hydrogen (secondary N) is 1. The zero-order valence-corrected chi connectivity index (χ0v) is 15.3. The van der Waals surface area contributed by atoms with E-state index in [-0.39, 0.29) is 18.3 Å². The minimum atomic E-state index is -4.38. The molecule has 1 aromatic rings. The van der Waals surface area contributed by atoms with Gasteiger partial charge in [-0.2, -0.15) is 13.2 Å². The van der Waals surface area contributed by atoms with Gasteiger partial charge in [0.2, 0.25) is 0 Å². The van der Waals surface area contributed by atoms with Gasteiger partial charge in [-0.05, 0) is 44.5 Å². The van der Waals surface area contributed by atoms with Crippen LogP contribution in [-0.4, -0.2) is 49.3 Å². The van der Waals surface area contributed by atoms with E-state index in [1.165, 1.54) is 6.42 Å². The standard InChI is InChI=1S/C18H27F3N4O/c1-3-25-8-4-5-15(25)11-24-17(22)23-10-14-7-6-13(2)9-16(14)26-12-18(19,20)21/h6-7,9,15H,3-5,8,10-12H2,1-2H3,(H3,22,23,24). The number of aliphatic imine (C=N–C) groups is 1. The van der Waals surface area contributed by atoms with Crippen LogP contribution in [0.5, 0.6) is 5.75 Å². The first-order valence-electron chi connectivity index (χ1n) is 8.85. The molecule has 0 saturated carbocycles. The molecule has 26 heavy (non-hydrogen) atoms. The molecule has 0 spiro atoms. The van der Waals surface area contributed by atoms with Crippen molar-refractivity contribution < 1.29 is 17.9 Å². The number of hydrogen-bond acceptors (Lipinski definition) is 3.